The van der Waals surface area contributed by atoms with E-state index < -0.39 is 6.10 Å². The molecule has 0 fully saturated rings. The third-order valence-corrected chi connectivity index (χ3v) is 4.85. The van der Waals surface area contributed by atoms with E-state index in [2.05, 4.69) is 47.8 Å². The van der Waals surface area contributed by atoms with Crippen LogP contribution in [0.1, 0.15) is 5.56 Å². The zero-order valence-corrected chi connectivity index (χ0v) is 16.3. The van der Waals surface area contributed by atoms with Gasteiger partial charge < -0.3 is 10.4 Å². The highest BCUT2D eigenvalue weighted by Gasteiger charge is 2.14. The second kappa shape index (κ2) is 9.32. The monoisotopic (exact) mass is 383 g/mol. The lowest BCUT2D eigenvalue weighted by atomic mass is 10.1. The molecular formula is C25H25N3O. The van der Waals surface area contributed by atoms with Crippen LogP contribution in [0.4, 0.5) is 0 Å². The van der Waals surface area contributed by atoms with Crippen molar-refractivity contribution in [1.29, 1.82) is 0 Å². The normalized spacial score (nSPS) is 12.0. The molecule has 0 aliphatic carbocycles. The lowest BCUT2D eigenvalue weighted by molar-refractivity contribution is 0.147. The van der Waals surface area contributed by atoms with Crippen molar-refractivity contribution in [3.05, 3.63) is 103 Å². The molecule has 2 N–H and O–H groups in total. The van der Waals surface area contributed by atoms with Crippen LogP contribution in [-0.2, 0) is 13.1 Å². The van der Waals surface area contributed by atoms with Gasteiger partial charge in [0, 0.05) is 18.7 Å². The predicted octanol–water partition coefficient (Wildman–Crippen LogP) is 4.37. The standard InChI is InChI=1S/C25H25N3O/c29-23(18-26-17-20-10-4-1-5-11-20)19-28-25(22-14-8-3-9-15-22)16-24(27-28)21-12-6-2-7-13-21/h1-16,23,26,29H,17-19H2. The Morgan fingerprint density at radius 2 is 1.38 bits per heavy atom. The van der Waals surface area contributed by atoms with Crippen LogP contribution >= 0.6 is 0 Å². The van der Waals surface area contributed by atoms with E-state index in [1.54, 1.807) is 0 Å². The highest BCUT2D eigenvalue weighted by molar-refractivity contribution is 5.68. The summed E-state index contributed by atoms with van der Waals surface area (Å²) in [5.41, 5.74) is 5.28. The summed E-state index contributed by atoms with van der Waals surface area (Å²) in [5.74, 6) is 0. The number of aromatic nitrogens is 2. The number of rotatable bonds is 8. The summed E-state index contributed by atoms with van der Waals surface area (Å²) >= 11 is 0. The second-order valence-electron chi connectivity index (χ2n) is 7.10. The highest BCUT2D eigenvalue weighted by atomic mass is 16.3. The van der Waals surface area contributed by atoms with Crippen molar-refractivity contribution in [2.75, 3.05) is 6.54 Å². The van der Waals surface area contributed by atoms with Crippen molar-refractivity contribution in [3.8, 4) is 22.5 Å². The number of hydrogen-bond donors (Lipinski definition) is 2. The molecule has 0 saturated heterocycles. The molecule has 1 aromatic heterocycles. The van der Waals surface area contributed by atoms with Crippen LogP contribution in [0.5, 0.6) is 0 Å². The molecule has 146 valence electrons. The lowest BCUT2D eigenvalue weighted by Crippen LogP contribution is -2.30. The zero-order valence-electron chi connectivity index (χ0n) is 16.3. The summed E-state index contributed by atoms with van der Waals surface area (Å²) in [6.07, 6.45) is -0.537. The van der Waals surface area contributed by atoms with E-state index >= 15 is 0 Å². The second-order valence-corrected chi connectivity index (χ2v) is 7.10. The van der Waals surface area contributed by atoms with Gasteiger partial charge >= 0.3 is 0 Å². The minimum atomic E-state index is -0.537. The molecule has 4 rings (SSSR count). The van der Waals surface area contributed by atoms with E-state index in [9.17, 15) is 5.11 Å². The number of nitrogens with one attached hydrogen (secondary N) is 1. The van der Waals surface area contributed by atoms with Crippen molar-refractivity contribution >= 4 is 0 Å². The van der Waals surface area contributed by atoms with Gasteiger partial charge in [0.15, 0.2) is 0 Å². The lowest BCUT2D eigenvalue weighted by Gasteiger charge is -2.14. The van der Waals surface area contributed by atoms with E-state index in [0.29, 0.717) is 13.1 Å². The molecule has 0 aliphatic heterocycles. The van der Waals surface area contributed by atoms with E-state index in [1.165, 1.54) is 5.56 Å². The SMILES string of the molecule is OC(CNCc1ccccc1)Cn1nc(-c2ccccc2)cc1-c1ccccc1. The van der Waals surface area contributed by atoms with E-state index in [-0.39, 0.29) is 0 Å². The maximum absolute atomic E-state index is 10.6. The number of hydrogen-bond acceptors (Lipinski definition) is 3. The fourth-order valence-corrected chi connectivity index (χ4v) is 3.39. The Morgan fingerprint density at radius 3 is 2.03 bits per heavy atom. The first-order chi connectivity index (χ1) is 14.3. The topological polar surface area (TPSA) is 50.1 Å². The van der Waals surface area contributed by atoms with Gasteiger partial charge in [0.05, 0.1) is 24.0 Å². The van der Waals surface area contributed by atoms with Crippen molar-refractivity contribution in [1.82, 2.24) is 15.1 Å². The summed E-state index contributed by atoms with van der Waals surface area (Å²) in [5, 5.41) is 18.7. The molecule has 1 heterocycles. The van der Waals surface area contributed by atoms with Crippen LogP contribution in [0.2, 0.25) is 0 Å². The van der Waals surface area contributed by atoms with Crippen LogP contribution in [0, 0.1) is 0 Å². The molecule has 0 saturated carbocycles. The Kier molecular flexibility index (Phi) is 6.15. The smallest absolute Gasteiger partial charge is 0.0929 e. The number of aliphatic hydroxyl groups is 1. The Labute approximate surface area is 171 Å². The summed E-state index contributed by atoms with van der Waals surface area (Å²) in [6.45, 7) is 1.67. The predicted molar refractivity (Wildman–Crippen MR) is 117 cm³/mol. The van der Waals surface area contributed by atoms with E-state index in [0.717, 1.165) is 29.1 Å². The van der Waals surface area contributed by atoms with Gasteiger partial charge in [0.1, 0.15) is 0 Å². The average molecular weight is 383 g/mol. The van der Waals surface area contributed by atoms with E-state index in [1.807, 2.05) is 59.3 Å². The van der Waals surface area contributed by atoms with Crippen molar-refractivity contribution < 1.29 is 5.11 Å². The number of benzene rings is 3. The molecule has 0 radical (unpaired) electrons. The maximum Gasteiger partial charge on any atom is 0.0929 e. The van der Waals surface area contributed by atoms with Gasteiger partial charge in [0.25, 0.3) is 0 Å². The van der Waals surface area contributed by atoms with Crippen LogP contribution in [-0.4, -0.2) is 27.5 Å². The molecule has 29 heavy (non-hydrogen) atoms. The quantitative estimate of drug-likeness (QED) is 0.475. The fraction of sp³-hybridized carbons (Fsp3) is 0.160. The summed E-state index contributed by atoms with van der Waals surface area (Å²) in [4.78, 5) is 0. The molecule has 0 amide bonds. The van der Waals surface area contributed by atoms with Crippen LogP contribution < -0.4 is 5.32 Å². The Balaban J connectivity index is 1.50. The highest BCUT2D eigenvalue weighted by Crippen LogP contribution is 2.26. The Hall–Kier alpha value is -3.21. The Bertz CT molecular complexity index is 1010. The molecule has 1 unspecified atom stereocenters. The molecule has 4 nitrogen and oxygen atoms in total. The van der Waals surface area contributed by atoms with Gasteiger partial charge in [0.2, 0.25) is 0 Å². The third kappa shape index (κ3) is 4.99. The van der Waals surface area contributed by atoms with Gasteiger partial charge in [-0.15, -0.1) is 0 Å². The molecular weight excluding hydrogens is 358 g/mol. The third-order valence-electron chi connectivity index (χ3n) is 4.85. The van der Waals surface area contributed by atoms with Gasteiger partial charge in [-0.2, -0.15) is 5.10 Å². The van der Waals surface area contributed by atoms with Gasteiger partial charge in [-0.3, -0.25) is 4.68 Å². The van der Waals surface area contributed by atoms with Crippen LogP contribution in [0.15, 0.2) is 97.1 Å². The average Bonchev–Trinajstić information content (AvgIpc) is 3.19. The summed E-state index contributed by atoms with van der Waals surface area (Å²) in [7, 11) is 0. The summed E-state index contributed by atoms with van der Waals surface area (Å²) in [6, 6.07) is 32.6. The van der Waals surface area contributed by atoms with Crippen LogP contribution in [0.3, 0.4) is 0 Å². The fourth-order valence-electron chi connectivity index (χ4n) is 3.39. The largest absolute Gasteiger partial charge is 0.390 e. The molecule has 0 aliphatic rings. The summed E-state index contributed by atoms with van der Waals surface area (Å²) < 4.78 is 1.91. The van der Waals surface area contributed by atoms with Gasteiger partial charge in [-0.05, 0) is 17.2 Å². The number of nitrogens with zero attached hydrogens (tertiary/aromatic N) is 2. The first-order valence-corrected chi connectivity index (χ1v) is 9.91. The van der Waals surface area contributed by atoms with Crippen molar-refractivity contribution in [2.24, 2.45) is 0 Å². The van der Waals surface area contributed by atoms with Crippen molar-refractivity contribution in [2.45, 2.75) is 19.2 Å². The molecule has 1 atom stereocenters. The zero-order chi connectivity index (χ0) is 19.9. The number of aliphatic hydroxyl groups excluding tert-OH is 1. The molecule has 4 heteroatoms. The minimum absolute atomic E-state index is 0.429. The van der Waals surface area contributed by atoms with E-state index in [4.69, 9.17) is 5.10 Å². The van der Waals surface area contributed by atoms with Gasteiger partial charge in [-0.25, -0.2) is 0 Å². The Morgan fingerprint density at radius 1 is 0.793 bits per heavy atom. The van der Waals surface area contributed by atoms with Gasteiger partial charge in [-0.1, -0.05) is 91.0 Å². The first kappa shape index (κ1) is 19.1. The minimum Gasteiger partial charge on any atom is -0.390 e. The van der Waals surface area contributed by atoms with Crippen molar-refractivity contribution in [3.63, 3.8) is 0 Å². The molecule has 0 spiro atoms. The molecule has 3 aromatic carbocycles. The van der Waals surface area contributed by atoms with Crippen LogP contribution in [0.25, 0.3) is 22.5 Å². The maximum atomic E-state index is 10.6. The molecule has 4 aromatic rings. The first-order valence-electron chi connectivity index (χ1n) is 9.91. The molecule has 0 bridgehead atoms.